The number of likely N-dealkylation sites (tertiary alicyclic amines) is 1. The summed E-state index contributed by atoms with van der Waals surface area (Å²) in [7, 11) is 1.50. The minimum Gasteiger partial charge on any atom is -0.392 e. The van der Waals surface area contributed by atoms with Crippen LogP contribution in [0.2, 0.25) is 0 Å². The van der Waals surface area contributed by atoms with Crippen LogP contribution in [0.15, 0.2) is 30.3 Å². The molecule has 0 bridgehead atoms. The van der Waals surface area contributed by atoms with Gasteiger partial charge in [-0.3, -0.25) is 14.5 Å². The highest BCUT2D eigenvalue weighted by molar-refractivity contribution is 5.81. The van der Waals surface area contributed by atoms with Crippen molar-refractivity contribution in [3.63, 3.8) is 0 Å². The molecular weight excluding hydrogens is 415 g/mol. The number of carbonyl (C=O) groups excluding carboxylic acids is 2. The van der Waals surface area contributed by atoms with Crippen LogP contribution in [-0.4, -0.2) is 71.8 Å². The molecule has 0 saturated carbocycles. The summed E-state index contributed by atoms with van der Waals surface area (Å²) in [5, 5.41) is 8.98. The number of benzene rings is 1. The van der Waals surface area contributed by atoms with Gasteiger partial charge in [0, 0.05) is 12.6 Å². The minimum atomic E-state index is -4.98. The third-order valence-electron chi connectivity index (χ3n) is 4.42. The van der Waals surface area contributed by atoms with Gasteiger partial charge in [-0.1, -0.05) is 30.3 Å². The summed E-state index contributed by atoms with van der Waals surface area (Å²) in [6.07, 6.45) is -3.81. The van der Waals surface area contributed by atoms with Crippen LogP contribution in [0.25, 0.3) is 0 Å². The number of piperidine rings is 1. The van der Waals surface area contributed by atoms with Crippen molar-refractivity contribution in [2.45, 2.75) is 64.6 Å². The average Bonchev–Trinajstić information content (AvgIpc) is 2.75. The van der Waals surface area contributed by atoms with Crippen molar-refractivity contribution >= 4 is 12.2 Å². The van der Waals surface area contributed by atoms with Crippen molar-refractivity contribution < 1.29 is 32.7 Å². The Labute approximate surface area is 181 Å². The molecule has 0 radical (unpaired) electrons. The number of hydroxylamine groups is 2. The fraction of sp³-hybridized carbons (Fsp3) is 0.619. The maximum absolute atomic E-state index is 12.7. The summed E-state index contributed by atoms with van der Waals surface area (Å²) in [4.78, 5) is 29.0. The summed E-state index contributed by atoms with van der Waals surface area (Å²) in [5.74, 6) is -2.00. The molecule has 0 aliphatic carbocycles. The van der Waals surface area contributed by atoms with E-state index in [0.717, 1.165) is 5.56 Å². The van der Waals surface area contributed by atoms with Crippen LogP contribution in [0.5, 0.6) is 0 Å². The maximum Gasteiger partial charge on any atom is 0.473 e. The van der Waals surface area contributed by atoms with Gasteiger partial charge < -0.3 is 15.6 Å². The molecule has 7 nitrogen and oxygen atoms in total. The van der Waals surface area contributed by atoms with Gasteiger partial charge in [-0.15, -0.1) is 0 Å². The molecule has 31 heavy (non-hydrogen) atoms. The maximum atomic E-state index is 12.7. The van der Waals surface area contributed by atoms with Crippen LogP contribution in [0.4, 0.5) is 13.2 Å². The molecule has 1 saturated heterocycles. The van der Waals surface area contributed by atoms with Crippen molar-refractivity contribution in [3.05, 3.63) is 35.9 Å². The molecule has 1 aliphatic heterocycles. The molecule has 1 aliphatic rings. The van der Waals surface area contributed by atoms with Gasteiger partial charge in [0.2, 0.25) is 0 Å². The van der Waals surface area contributed by atoms with Crippen LogP contribution in [0, 0.1) is 0 Å². The number of alkyl halides is 3. The summed E-state index contributed by atoms with van der Waals surface area (Å²) in [5.41, 5.74) is 5.47. The second-order valence-corrected chi connectivity index (χ2v) is 7.13. The fourth-order valence-electron chi connectivity index (χ4n) is 2.93. The van der Waals surface area contributed by atoms with Crippen molar-refractivity contribution in [2.24, 2.45) is 5.73 Å². The first-order chi connectivity index (χ1) is 14.6. The van der Waals surface area contributed by atoms with Crippen LogP contribution < -0.4 is 5.73 Å². The van der Waals surface area contributed by atoms with E-state index in [-0.39, 0.29) is 25.7 Å². The standard InChI is InChI=1S/C13H21F3N2O3.C7H8O.CH5N/c1-9(2)21-18(12(20)13(14,15)16)11-5-4-10(3)17(8-11)6-7-19;8-6-7-4-2-1-3-5-7;1-2/h7,9-11H,4-6,8H2,1-3H3;1-5,8H,6H2;2H2,1H3/t10-,11?;;/m1../s1. The molecule has 2 rings (SSSR count). The van der Waals surface area contributed by atoms with Crippen LogP contribution in [-0.2, 0) is 21.0 Å². The number of hydrogen-bond acceptors (Lipinski definition) is 6. The number of amides is 1. The second-order valence-electron chi connectivity index (χ2n) is 7.13. The van der Waals surface area contributed by atoms with E-state index in [9.17, 15) is 22.8 Å². The summed E-state index contributed by atoms with van der Waals surface area (Å²) < 4.78 is 38.1. The Morgan fingerprint density at radius 2 is 1.87 bits per heavy atom. The molecule has 3 N–H and O–H groups in total. The molecular formula is C21H34F3N3O4. The Morgan fingerprint density at radius 3 is 2.29 bits per heavy atom. The zero-order valence-corrected chi connectivity index (χ0v) is 18.5. The summed E-state index contributed by atoms with van der Waals surface area (Å²) in [6, 6.07) is 8.90. The first-order valence-electron chi connectivity index (χ1n) is 10.1. The number of nitrogens with two attached hydrogens (primary N) is 1. The van der Waals surface area contributed by atoms with Crippen molar-refractivity contribution in [1.82, 2.24) is 9.96 Å². The number of aliphatic hydroxyl groups excluding tert-OH is 1. The first-order valence-corrected chi connectivity index (χ1v) is 10.1. The van der Waals surface area contributed by atoms with Gasteiger partial charge in [-0.25, -0.2) is 5.06 Å². The molecule has 0 spiro atoms. The lowest BCUT2D eigenvalue weighted by molar-refractivity contribution is -0.254. The van der Waals surface area contributed by atoms with Crippen LogP contribution >= 0.6 is 0 Å². The predicted molar refractivity (Wildman–Crippen MR) is 112 cm³/mol. The SMILES string of the molecule is CC(C)ON(C(=O)C(F)(F)F)C1CC[C@@H](C)N(CC=O)C1.CN.OCc1ccccc1. The Kier molecular flexibility index (Phi) is 13.9. The second kappa shape index (κ2) is 14.9. The highest BCUT2D eigenvalue weighted by atomic mass is 19.4. The summed E-state index contributed by atoms with van der Waals surface area (Å²) >= 11 is 0. The van der Waals surface area contributed by atoms with Gasteiger partial charge in [0.05, 0.1) is 25.3 Å². The Morgan fingerprint density at radius 1 is 1.29 bits per heavy atom. The Balaban J connectivity index is 0.000000745. The number of rotatable bonds is 6. The van der Waals surface area contributed by atoms with E-state index in [0.29, 0.717) is 24.2 Å². The number of halogens is 3. The topological polar surface area (TPSA) is 96.1 Å². The van der Waals surface area contributed by atoms with Gasteiger partial charge in [-0.2, -0.15) is 13.2 Å². The lowest BCUT2D eigenvalue weighted by Gasteiger charge is -2.41. The third kappa shape index (κ3) is 10.7. The number of nitrogens with zero attached hydrogens (tertiary/aromatic N) is 2. The van der Waals surface area contributed by atoms with E-state index in [4.69, 9.17) is 9.94 Å². The molecule has 1 aromatic carbocycles. The van der Waals surface area contributed by atoms with Gasteiger partial charge in [-0.05, 0) is 46.2 Å². The highest BCUT2D eigenvalue weighted by Gasteiger charge is 2.47. The Hall–Kier alpha value is -2.01. The van der Waals surface area contributed by atoms with Crippen molar-refractivity contribution in [2.75, 3.05) is 20.1 Å². The molecule has 10 heteroatoms. The zero-order valence-electron chi connectivity index (χ0n) is 18.5. The van der Waals surface area contributed by atoms with Crippen molar-refractivity contribution in [3.8, 4) is 0 Å². The van der Waals surface area contributed by atoms with E-state index in [1.807, 2.05) is 37.3 Å². The average molecular weight is 450 g/mol. The Bertz CT molecular complexity index is 630. The van der Waals surface area contributed by atoms with Gasteiger partial charge in [0.15, 0.2) is 0 Å². The molecule has 1 aromatic rings. The molecule has 1 unspecified atom stereocenters. The number of aliphatic hydroxyl groups is 1. The summed E-state index contributed by atoms with van der Waals surface area (Å²) in [6.45, 7) is 5.48. The van der Waals surface area contributed by atoms with Gasteiger partial charge in [0.1, 0.15) is 6.29 Å². The lowest BCUT2D eigenvalue weighted by atomic mass is 9.99. The number of hydrogen-bond donors (Lipinski definition) is 2. The van der Waals surface area contributed by atoms with Crippen LogP contribution in [0.3, 0.4) is 0 Å². The van der Waals surface area contributed by atoms with E-state index in [1.165, 1.54) is 7.05 Å². The normalized spacial score (nSPS) is 18.9. The molecule has 1 fully saturated rings. The minimum absolute atomic E-state index is 0.0911. The highest BCUT2D eigenvalue weighted by Crippen LogP contribution is 2.26. The smallest absolute Gasteiger partial charge is 0.392 e. The van der Waals surface area contributed by atoms with E-state index >= 15 is 0 Å². The van der Waals surface area contributed by atoms with Gasteiger partial charge in [0.25, 0.3) is 0 Å². The number of aldehydes is 1. The molecule has 1 amide bonds. The van der Waals surface area contributed by atoms with Gasteiger partial charge >= 0.3 is 12.1 Å². The monoisotopic (exact) mass is 449 g/mol. The van der Waals surface area contributed by atoms with Crippen molar-refractivity contribution in [1.29, 1.82) is 0 Å². The predicted octanol–water partition coefficient (Wildman–Crippen LogP) is 2.52. The molecule has 178 valence electrons. The quantitative estimate of drug-likeness (QED) is 0.512. The largest absolute Gasteiger partial charge is 0.473 e. The lowest BCUT2D eigenvalue weighted by Crippen LogP contribution is -2.56. The number of carbonyl (C=O) groups is 2. The molecule has 2 atom stereocenters. The third-order valence-corrected chi connectivity index (χ3v) is 4.42. The molecule has 1 heterocycles. The van der Waals surface area contributed by atoms with E-state index < -0.39 is 24.2 Å². The zero-order chi connectivity index (χ0) is 24.0. The molecule has 0 aromatic heterocycles. The first kappa shape index (κ1) is 29.0. The van der Waals surface area contributed by atoms with E-state index in [2.05, 4.69) is 5.73 Å². The van der Waals surface area contributed by atoms with Crippen LogP contribution in [0.1, 0.15) is 39.2 Å². The fourth-order valence-corrected chi connectivity index (χ4v) is 2.93. The van der Waals surface area contributed by atoms with E-state index in [1.54, 1.807) is 18.7 Å².